The molecule has 3 rings (SSSR count). The Labute approximate surface area is 195 Å². The molecule has 1 fully saturated rings. The summed E-state index contributed by atoms with van der Waals surface area (Å²) in [5.41, 5.74) is 1.61. The standard InChI is InChI=1S/C23H31N3O6S/c1-24(2)33(29,30)26(15-18-9-11-20(31-3)12-10-18)21-13-14-25(22(21)16-27)23(28)32-17-19-7-5-4-6-8-19/h4-12,21-22,27H,13-17H2,1-3H3/t21?,22-/m0/s1. The summed E-state index contributed by atoms with van der Waals surface area (Å²) >= 11 is 0. The fourth-order valence-electron chi connectivity index (χ4n) is 3.91. The Morgan fingerprint density at radius 1 is 1.09 bits per heavy atom. The summed E-state index contributed by atoms with van der Waals surface area (Å²) in [5.74, 6) is 0.669. The van der Waals surface area contributed by atoms with Crippen LogP contribution in [0.5, 0.6) is 5.75 Å². The zero-order valence-corrected chi connectivity index (χ0v) is 19.9. The number of ether oxygens (including phenoxy) is 2. The van der Waals surface area contributed by atoms with Crippen molar-refractivity contribution in [1.29, 1.82) is 0 Å². The molecule has 1 unspecified atom stereocenters. The molecule has 0 saturated carbocycles. The van der Waals surface area contributed by atoms with Crippen molar-refractivity contribution >= 4 is 16.3 Å². The molecule has 9 nitrogen and oxygen atoms in total. The van der Waals surface area contributed by atoms with Crippen LogP contribution in [-0.2, 0) is 28.1 Å². The first-order chi connectivity index (χ1) is 15.8. The molecule has 0 bridgehead atoms. The second-order valence-corrected chi connectivity index (χ2v) is 10.1. The molecule has 1 heterocycles. The van der Waals surface area contributed by atoms with Gasteiger partial charge in [-0.05, 0) is 29.7 Å². The Bertz CT molecular complexity index is 1010. The van der Waals surface area contributed by atoms with Gasteiger partial charge in [0, 0.05) is 27.2 Å². The van der Waals surface area contributed by atoms with Crippen molar-refractivity contribution in [2.75, 3.05) is 34.4 Å². The number of amides is 1. The number of hydrogen-bond donors (Lipinski definition) is 1. The molecule has 10 heteroatoms. The maximum absolute atomic E-state index is 13.2. The molecule has 0 spiro atoms. The van der Waals surface area contributed by atoms with E-state index in [1.807, 2.05) is 30.3 Å². The Kier molecular flexibility index (Phi) is 8.30. The van der Waals surface area contributed by atoms with Gasteiger partial charge in [-0.15, -0.1) is 0 Å². The van der Waals surface area contributed by atoms with E-state index in [2.05, 4.69) is 0 Å². The number of rotatable bonds is 9. The number of benzene rings is 2. The average Bonchev–Trinajstić information content (AvgIpc) is 3.25. The molecule has 180 valence electrons. The lowest BCUT2D eigenvalue weighted by Crippen LogP contribution is -2.53. The minimum absolute atomic E-state index is 0.0958. The van der Waals surface area contributed by atoms with E-state index in [1.54, 1.807) is 31.4 Å². The van der Waals surface area contributed by atoms with Gasteiger partial charge < -0.3 is 19.5 Å². The number of aliphatic hydroxyl groups excluding tert-OH is 1. The Balaban J connectivity index is 1.79. The summed E-state index contributed by atoms with van der Waals surface area (Å²) in [5, 5.41) is 10.1. The Morgan fingerprint density at radius 3 is 2.33 bits per heavy atom. The Morgan fingerprint density at radius 2 is 1.76 bits per heavy atom. The number of carbonyl (C=O) groups is 1. The van der Waals surface area contributed by atoms with Gasteiger partial charge in [-0.3, -0.25) is 0 Å². The number of methoxy groups -OCH3 is 1. The van der Waals surface area contributed by atoms with E-state index in [9.17, 15) is 18.3 Å². The van der Waals surface area contributed by atoms with E-state index in [0.29, 0.717) is 12.2 Å². The summed E-state index contributed by atoms with van der Waals surface area (Å²) in [6, 6.07) is 15.1. The van der Waals surface area contributed by atoms with Gasteiger partial charge in [-0.25, -0.2) is 4.79 Å². The lowest BCUT2D eigenvalue weighted by atomic mass is 10.1. The van der Waals surface area contributed by atoms with Gasteiger partial charge in [0.1, 0.15) is 12.4 Å². The normalized spacial score (nSPS) is 18.7. The molecule has 2 aromatic rings. The molecular weight excluding hydrogens is 446 g/mol. The molecule has 0 radical (unpaired) electrons. The third-order valence-corrected chi connectivity index (χ3v) is 7.68. The number of hydrogen-bond acceptors (Lipinski definition) is 6. The van der Waals surface area contributed by atoms with Gasteiger partial charge in [-0.2, -0.15) is 17.0 Å². The van der Waals surface area contributed by atoms with E-state index >= 15 is 0 Å². The van der Waals surface area contributed by atoms with E-state index in [4.69, 9.17) is 9.47 Å². The van der Waals surface area contributed by atoms with Crippen molar-refractivity contribution < 1.29 is 27.8 Å². The highest BCUT2D eigenvalue weighted by Crippen LogP contribution is 2.29. The van der Waals surface area contributed by atoms with Crippen LogP contribution in [0.25, 0.3) is 0 Å². The maximum Gasteiger partial charge on any atom is 0.410 e. The fourth-order valence-corrected chi connectivity index (χ4v) is 5.23. The second kappa shape index (κ2) is 11.0. The topological polar surface area (TPSA) is 99.6 Å². The molecule has 2 atom stereocenters. The second-order valence-electron chi connectivity index (χ2n) is 8.02. The zero-order valence-electron chi connectivity index (χ0n) is 19.1. The number of aliphatic hydroxyl groups is 1. The molecule has 1 aliphatic heterocycles. The predicted molar refractivity (Wildman–Crippen MR) is 124 cm³/mol. The van der Waals surface area contributed by atoms with Crippen LogP contribution in [0.15, 0.2) is 54.6 Å². The molecule has 1 aliphatic rings. The van der Waals surface area contributed by atoms with Gasteiger partial charge in [-0.1, -0.05) is 42.5 Å². The smallest absolute Gasteiger partial charge is 0.410 e. The van der Waals surface area contributed by atoms with Crippen LogP contribution in [0.3, 0.4) is 0 Å². The van der Waals surface area contributed by atoms with Crippen molar-refractivity contribution in [2.24, 2.45) is 0 Å². The van der Waals surface area contributed by atoms with Crippen molar-refractivity contribution in [3.8, 4) is 5.75 Å². The van der Waals surface area contributed by atoms with Gasteiger partial charge in [0.2, 0.25) is 0 Å². The highest BCUT2D eigenvalue weighted by atomic mass is 32.2. The van der Waals surface area contributed by atoms with Crippen LogP contribution in [0, 0.1) is 0 Å². The summed E-state index contributed by atoms with van der Waals surface area (Å²) in [4.78, 5) is 14.2. The lowest BCUT2D eigenvalue weighted by molar-refractivity contribution is 0.0691. The van der Waals surface area contributed by atoms with E-state index in [-0.39, 0.29) is 26.3 Å². The average molecular weight is 478 g/mol. The first-order valence-corrected chi connectivity index (χ1v) is 12.1. The fraction of sp³-hybridized carbons (Fsp3) is 0.435. The van der Waals surface area contributed by atoms with Crippen LogP contribution in [0.2, 0.25) is 0 Å². The third kappa shape index (κ3) is 5.83. The quantitative estimate of drug-likeness (QED) is 0.594. The third-order valence-electron chi connectivity index (χ3n) is 5.76. The van der Waals surface area contributed by atoms with Crippen LogP contribution in [0.1, 0.15) is 17.5 Å². The number of likely N-dealkylation sites (tertiary alicyclic amines) is 1. The van der Waals surface area contributed by atoms with E-state index < -0.39 is 28.4 Å². The molecule has 0 aliphatic carbocycles. The molecule has 1 N–H and O–H groups in total. The van der Waals surface area contributed by atoms with Gasteiger partial charge in [0.15, 0.2) is 0 Å². The largest absolute Gasteiger partial charge is 0.497 e. The van der Waals surface area contributed by atoms with Gasteiger partial charge in [0.25, 0.3) is 10.2 Å². The van der Waals surface area contributed by atoms with Crippen molar-refractivity contribution in [1.82, 2.24) is 13.5 Å². The zero-order chi connectivity index (χ0) is 24.0. The van der Waals surface area contributed by atoms with Gasteiger partial charge >= 0.3 is 6.09 Å². The van der Waals surface area contributed by atoms with E-state index in [0.717, 1.165) is 15.4 Å². The van der Waals surface area contributed by atoms with Crippen LogP contribution < -0.4 is 4.74 Å². The molecule has 1 saturated heterocycles. The van der Waals surface area contributed by atoms with Crippen molar-refractivity contribution in [2.45, 2.75) is 31.7 Å². The van der Waals surface area contributed by atoms with Crippen LogP contribution in [-0.4, -0.2) is 79.6 Å². The molecule has 1 amide bonds. The minimum atomic E-state index is -3.84. The SMILES string of the molecule is COc1ccc(CN(C2CCN(C(=O)OCc3ccccc3)[C@H]2CO)S(=O)(=O)N(C)C)cc1. The highest BCUT2D eigenvalue weighted by molar-refractivity contribution is 7.86. The van der Waals surface area contributed by atoms with Crippen molar-refractivity contribution in [3.05, 3.63) is 65.7 Å². The predicted octanol–water partition coefficient (Wildman–Crippen LogP) is 2.08. The van der Waals surface area contributed by atoms with E-state index in [1.165, 1.54) is 23.3 Å². The van der Waals surface area contributed by atoms with Crippen LogP contribution in [0.4, 0.5) is 4.79 Å². The summed E-state index contributed by atoms with van der Waals surface area (Å²) in [7, 11) is 0.652. The summed E-state index contributed by atoms with van der Waals surface area (Å²) in [6.07, 6.45) is -0.193. The van der Waals surface area contributed by atoms with Gasteiger partial charge in [0.05, 0.1) is 25.8 Å². The maximum atomic E-state index is 13.2. The molecule has 33 heavy (non-hydrogen) atoms. The minimum Gasteiger partial charge on any atom is -0.497 e. The first-order valence-electron chi connectivity index (χ1n) is 10.7. The number of carbonyl (C=O) groups excluding carboxylic acids is 1. The summed E-state index contributed by atoms with van der Waals surface area (Å²) < 4.78 is 39.5. The monoisotopic (exact) mass is 477 g/mol. The molecule has 0 aromatic heterocycles. The van der Waals surface area contributed by atoms with Crippen LogP contribution >= 0.6 is 0 Å². The first kappa shape index (κ1) is 25.0. The Hall–Kier alpha value is -2.66. The molecular formula is C23H31N3O6S. The lowest BCUT2D eigenvalue weighted by Gasteiger charge is -2.35. The highest BCUT2D eigenvalue weighted by Gasteiger charge is 2.45. The van der Waals surface area contributed by atoms with Crippen molar-refractivity contribution in [3.63, 3.8) is 0 Å². The summed E-state index contributed by atoms with van der Waals surface area (Å²) in [6.45, 7) is 0.0991. The number of nitrogens with zero attached hydrogens (tertiary/aromatic N) is 3. The molecule has 2 aromatic carbocycles.